The van der Waals surface area contributed by atoms with Crippen LogP contribution in [0.5, 0.6) is 0 Å². The third kappa shape index (κ3) is 5.37. The number of H-pyrrole nitrogens is 1. The fourth-order valence-corrected chi connectivity index (χ4v) is 6.77. The third-order valence-corrected chi connectivity index (χ3v) is 8.26. The number of allylic oxidation sites excluding steroid dienone is 2. The number of aromatic amines is 1. The van der Waals surface area contributed by atoms with Gasteiger partial charge in [-0.25, -0.2) is 4.98 Å². The number of carbonyl (C=O) groups is 1. The molecule has 37 heavy (non-hydrogen) atoms. The molecule has 198 valence electrons. The van der Waals surface area contributed by atoms with E-state index >= 15 is 0 Å². The van der Waals surface area contributed by atoms with E-state index in [0.29, 0.717) is 18.5 Å². The number of nitrogens with one attached hydrogen (secondary N) is 2. The summed E-state index contributed by atoms with van der Waals surface area (Å²) < 4.78 is 0. The van der Waals surface area contributed by atoms with Crippen LogP contribution in [0.3, 0.4) is 0 Å². The van der Waals surface area contributed by atoms with E-state index in [-0.39, 0.29) is 28.0 Å². The Balaban J connectivity index is 1.75. The van der Waals surface area contributed by atoms with Gasteiger partial charge in [0.05, 0.1) is 11.8 Å². The number of carbonyl (C=O) groups excluding carboxylic acids is 1. The van der Waals surface area contributed by atoms with Crippen molar-refractivity contribution >= 4 is 17.2 Å². The minimum atomic E-state index is -0.993. The van der Waals surface area contributed by atoms with Gasteiger partial charge in [-0.1, -0.05) is 32.9 Å². The molecule has 7 heteroatoms. The summed E-state index contributed by atoms with van der Waals surface area (Å²) in [6, 6.07) is 7.90. The zero-order valence-corrected chi connectivity index (χ0v) is 23.3. The molecule has 1 aliphatic carbocycles. The lowest BCUT2D eigenvalue weighted by Gasteiger charge is -2.58. The molecule has 2 aromatic rings. The van der Waals surface area contributed by atoms with E-state index in [1.165, 1.54) is 11.8 Å². The molecule has 0 bridgehead atoms. The zero-order chi connectivity index (χ0) is 27.2. The first-order valence-electron chi connectivity index (χ1n) is 13.3. The summed E-state index contributed by atoms with van der Waals surface area (Å²) >= 11 is 0. The summed E-state index contributed by atoms with van der Waals surface area (Å²) in [6.07, 6.45) is 7.78. The van der Waals surface area contributed by atoms with E-state index in [1.807, 2.05) is 18.2 Å². The van der Waals surface area contributed by atoms with Gasteiger partial charge in [0.1, 0.15) is 11.8 Å². The van der Waals surface area contributed by atoms with Gasteiger partial charge < -0.3 is 15.4 Å². The van der Waals surface area contributed by atoms with E-state index in [4.69, 9.17) is 5.26 Å². The molecule has 3 N–H and O–H groups in total. The minimum Gasteiger partial charge on any atom is -0.385 e. The third-order valence-electron chi connectivity index (χ3n) is 8.26. The molecule has 2 heterocycles. The van der Waals surface area contributed by atoms with Crippen LogP contribution in [0.25, 0.3) is 5.57 Å². The second kappa shape index (κ2) is 9.41. The Morgan fingerprint density at radius 2 is 1.86 bits per heavy atom. The van der Waals surface area contributed by atoms with E-state index in [0.717, 1.165) is 36.9 Å². The Hall–Kier alpha value is -2.95. The van der Waals surface area contributed by atoms with Crippen molar-refractivity contribution in [2.45, 2.75) is 97.2 Å². The second-order valence-corrected chi connectivity index (χ2v) is 12.8. The molecule has 1 aliphatic heterocycles. The van der Waals surface area contributed by atoms with Gasteiger partial charge in [0.25, 0.3) is 5.91 Å². The number of amides is 1. The van der Waals surface area contributed by atoms with Crippen molar-refractivity contribution in [1.29, 1.82) is 5.26 Å². The average molecular weight is 504 g/mol. The molecule has 1 aromatic carbocycles. The molecule has 0 spiro atoms. The van der Waals surface area contributed by atoms with Crippen LogP contribution < -0.4 is 5.32 Å². The standard InChI is InChI=1S/C30H41N5O2/c1-8-35-28(4,5)18-30(37,19-29(35,6)7)21-9-10-24(34-26(36)25-32-17-22(16-31)33-25)23(15-21)20-11-13-27(2,3)14-12-20/h9-11,15,17,37H,8,12-14,18-19H2,1-7H3,(H,32,33)(H,34,36). The van der Waals surface area contributed by atoms with Crippen LogP contribution in [-0.2, 0) is 5.60 Å². The van der Waals surface area contributed by atoms with Crippen molar-refractivity contribution in [2.75, 3.05) is 11.9 Å². The van der Waals surface area contributed by atoms with Crippen LogP contribution in [0.1, 0.15) is 108 Å². The predicted molar refractivity (Wildman–Crippen MR) is 147 cm³/mol. The van der Waals surface area contributed by atoms with Gasteiger partial charge in [-0.2, -0.15) is 5.26 Å². The summed E-state index contributed by atoms with van der Waals surface area (Å²) in [5.74, 6) is -0.302. The Bertz CT molecular complexity index is 1240. The summed E-state index contributed by atoms with van der Waals surface area (Å²) in [7, 11) is 0. The summed E-state index contributed by atoms with van der Waals surface area (Å²) in [4.78, 5) is 22.3. The van der Waals surface area contributed by atoms with Crippen molar-refractivity contribution in [3.05, 3.63) is 53.1 Å². The Kier molecular flexibility index (Phi) is 6.89. The summed E-state index contributed by atoms with van der Waals surface area (Å²) in [5.41, 5.74) is 2.82. The number of benzene rings is 1. The Morgan fingerprint density at radius 1 is 1.19 bits per heavy atom. The molecule has 7 nitrogen and oxygen atoms in total. The number of rotatable bonds is 5. The van der Waals surface area contributed by atoms with Gasteiger partial charge in [0, 0.05) is 22.3 Å². The SMILES string of the molecule is CCN1C(C)(C)CC(O)(c2ccc(NC(=O)c3ncc(C#N)[nH]3)c(C3=CCC(C)(C)CC3)c2)CC1(C)C. The van der Waals surface area contributed by atoms with Crippen LogP contribution in [0.4, 0.5) is 5.69 Å². The van der Waals surface area contributed by atoms with Gasteiger partial charge in [-0.3, -0.25) is 9.69 Å². The van der Waals surface area contributed by atoms with Gasteiger partial charge in [0.15, 0.2) is 5.82 Å². The Morgan fingerprint density at radius 3 is 2.41 bits per heavy atom. The first kappa shape index (κ1) is 27.1. The van der Waals surface area contributed by atoms with Gasteiger partial charge in [-0.05, 0) is 95.0 Å². The molecule has 0 saturated carbocycles. The first-order valence-corrected chi connectivity index (χ1v) is 13.3. The molecule has 0 atom stereocenters. The van der Waals surface area contributed by atoms with Crippen LogP contribution in [0.15, 0.2) is 30.5 Å². The molecule has 2 aliphatic rings. The number of imidazole rings is 1. The van der Waals surface area contributed by atoms with Crippen LogP contribution >= 0.6 is 0 Å². The number of aromatic nitrogens is 2. The maximum Gasteiger partial charge on any atom is 0.291 e. The van der Waals surface area contributed by atoms with Crippen molar-refractivity contribution in [2.24, 2.45) is 5.41 Å². The zero-order valence-electron chi connectivity index (χ0n) is 23.3. The quantitative estimate of drug-likeness (QED) is 0.465. The molecule has 1 aromatic heterocycles. The lowest BCUT2D eigenvalue weighted by molar-refractivity contribution is -0.137. The number of aliphatic hydroxyl groups is 1. The van der Waals surface area contributed by atoms with Crippen molar-refractivity contribution in [1.82, 2.24) is 14.9 Å². The molecule has 1 amide bonds. The number of hydrogen-bond donors (Lipinski definition) is 3. The number of anilines is 1. The molecule has 0 radical (unpaired) electrons. The second-order valence-electron chi connectivity index (χ2n) is 12.8. The topological polar surface area (TPSA) is 105 Å². The smallest absolute Gasteiger partial charge is 0.291 e. The van der Waals surface area contributed by atoms with Crippen molar-refractivity contribution < 1.29 is 9.90 Å². The van der Waals surface area contributed by atoms with E-state index in [1.54, 1.807) is 0 Å². The number of piperidine rings is 1. The number of likely N-dealkylation sites (tertiary alicyclic amines) is 1. The molecule has 1 saturated heterocycles. The fraction of sp³-hybridized carbons (Fsp3) is 0.567. The average Bonchev–Trinajstić information content (AvgIpc) is 3.27. The lowest BCUT2D eigenvalue weighted by atomic mass is 9.68. The largest absolute Gasteiger partial charge is 0.385 e. The lowest BCUT2D eigenvalue weighted by Crippen LogP contribution is -2.64. The Labute approximate surface area is 221 Å². The number of nitrogens with zero attached hydrogens (tertiary/aromatic N) is 3. The molecular formula is C30H41N5O2. The normalized spacial score (nSPS) is 22.1. The predicted octanol–water partition coefficient (Wildman–Crippen LogP) is 5.99. The van der Waals surface area contributed by atoms with Crippen molar-refractivity contribution in [3.63, 3.8) is 0 Å². The van der Waals surface area contributed by atoms with Crippen molar-refractivity contribution in [3.8, 4) is 6.07 Å². The number of hydrogen-bond acceptors (Lipinski definition) is 5. The molecule has 1 fully saturated rings. The first-order chi connectivity index (χ1) is 17.2. The van der Waals surface area contributed by atoms with E-state index in [9.17, 15) is 9.90 Å². The highest BCUT2D eigenvalue weighted by Gasteiger charge is 2.51. The highest BCUT2D eigenvalue weighted by molar-refractivity contribution is 6.03. The molecular weight excluding hydrogens is 462 g/mol. The highest BCUT2D eigenvalue weighted by Crippen LogP contribution is 2.49. The van der Waals surface area contributed by atoms with E-state index < -0.39 is 11.5 Å². The maximum atomic E-state index is 13.0. The van der Waals surface area contributed by atoms with Crippen LogP contribution in [-0.4, -0.2) is 43.5 Å². The van der Waals surface area contributed by atoms with Gasteiger partial charge in [0.2, 0.25) is 0 Å². The van der Waals surface area contributed by atoms with E-state index in [2.05, 4.69) is 80.8 Å². The molecule has 0 unspecified atom stereocenters. The maximum absolute atomic E-state index is 13.0. The number of nitriles is 1. The van der Waals surface area contributed by atoms with Gasteiger partial charge in [-0.15, -0.1) is 0 Å². The van der Waals surface area contributed by atoms with Crippen LogP contribution in [0.2, 0.25) is 0 Å². The summed E-state index contributed by atoms with van der Waals surface area (Å²) in [5, 5.41) is 24.2. The fourth-order valence-electron chi connectivity index (χ4n) is 6.77. The monoisotopic (exact) mass is 503 g/mol. The van der Waals surface area contributed by atoms with Gasteiger partial charge >= 0.3 is 0 Å². The molecule has 4 rings (SSSR count). The summed E-state index contributed by atoms with van der Waals surface area (Å²) in [6.45, 7) is 16.5. The highest BCUT2D eigenvalue weighted by atomic mass is 16.3. The minimum absolute atomic E-state index is 0.0967. The van der Waals surface area contributed by atoms with Crippen LogP contribution in [0, 0.1) is 16.7 Å².